The van der Waals surface area contributed by atoms with Gasteiger partial charge in [-0.3, -0.25) is 4.79 Å². The van der Waals surface area contributed by atoms with Gasteiger partial charge in [-0.25, -0.2) is 4.39 Å². The standard InChI is InChI=1S/C12H11FN2O/c13-6-4-8-7-2-1-3-10(7)15-11(8)9(5-6)12(14)16/h4-5,15H,1-3H2,(H2,14,16). The quantitative estimate of drug-likeness (QED) is 0.754. The van der Waals surface area contributed by atoms with Gasteiger partial charge in [0.1, 0.15) is 5.82 Å². The number of aromatic nitrogens is 1. The van der Waals surface area contributed by atoms with Crippen molar-refractivity contribution in [2.24, 2.45) is 5.73 Å². The minimum atomic E-state index is -0.593. The Balaban J connectivity index is 2.40. The molecule has 1 aromatic carbocycles. The number of benzene rings is 1. The number of aryl methyl sites for hydroxylation is 2. The van der Waals surface area contributed by atoms with Gasteiger partial charge in [0.25, 0.3) is 5.91 Å². The minimum Gasteiger partial charge on any atom is -0.366 e. The fraction of sp³-hybridized carbons (Fsp3) is 0.250. The fourth-order valence-electron chi connectivity index (χ4n) is 2.50. The summed E-state index contributed by atoms with van der Waals surface area (Å²) in [6.45, 7) is 0. The molecule has 0 atom stereocenters. The average Bonchev–Trinajstić information content (AvgIpc) is 2.77. The van der Waals surface area contributed by atoms with Crippen LogP contribution < -0.4 is 5.73 Å². The van der Waals surface area contributed by atoms with Gasteiger partial charge >= 0.3 is 0 Å². The SMILES string of the molecule is NC(=O)c1cc(F)cc2c3c([nH]c12)CCC3. The molecule has 3 rings (SSSR count). The van der Waals surface area contributed by atoms with Crippen LogP contribution in [0.5, 0.6) is 0 Å². The number of rotatable bonds is 1. The van der Waals surface area contributed by atoms with Gasteiger partial charge in [0.2, 0.25) is 0 Å². The topological polar surface area (TPSA) is 58.9 Å². The highest BCUT2D eigenvalue weighted by atomic mass is 19.1. The molecule has 0 unspecified atom stereocenters. The zero-order valence-corrected chi connectivity index (χ0v) is 8.64. The van der Waals surface area contributed by atoms with Crippen LogP contribution in [0.2, 0.25) is 0 Å². The van der Waals surface area contributed by atoms with Gasteiger partial charge in [0.15, 0.2) is 0 Å². The van der Waals surface area contributed by atoms with E-state index in [1.807, 2.05) is 0 Å². The van der Waals surface area contributed by atoms with Gasteiger partial charge in [0, 0.05) is 11.1 Å². The zero-order valence-electron chi connectivity index (χ0n) is 8.64. The Hall–Kier alpha value is -1.84. The Labute approximate surface area is 91.4 Å². The number of carbonyl (C=O) groups is 1. The van der Waals surface area contributed by atoms with Crippen LogP contribution in [0.1, 0.15) is 28.0 Å². The third kappa shape index (κ3) is 1.16. The van der Waals surface area contributed by atoms with E-state index in [0.29, 0.717) is 5.52 Å². The number of hydrogen-bond acceptors (Lipinski definition) is 1. The molecular formula is C12H11FN2O. The van der Waals surface area contributed by atoms with Crippen LogP contribution in [-0.2, 0) is 12.8 Å². The van der Waals surface area contributed by atoms with Crippen LogP contribution in [-0.4, -0.2) is 10.9 Å². The van der Waals surface area contributed by atoms with E-state index in [2.05, 4.69) is 4.98 Å². The molecule has 0 radical (unpaired) electrons. The molecule has 0 aliphatic heterocycles. The maximum atomic E-state index is 13.4. The van der Waals surface area contributed by atoms with Crippen LogP contribution >= 0.6 is 0 Å². The molecule has 0 saturated carbocycles. The number of H-pyrrole nitrogens is 1. The Morgan fingerprint density at radius 2 is 2.19 bits per heavy atom. The summed E-state index contributed by atoms with van der Waals surface area (Å²) in [5.41, 5.74) is 8.41. The summed E-state index contributed by atoms with van der Waals surface area (Å²) in [5, 5.41) is 0.807. The van der Waals surface area contributed by atoms with E-state index in [9.17, 15) is 9.18 Å². The van der Waals surface area contributed by atoms with Crippen molar-refractivity contribution in [3.63, 3.8) is 0 Å². The van der Waals surface area contributed by atoms with Crippen LogP contribution in [0.4, 0.5) is 4.39 Å². The minimum absolute atomic E-state index is 0.240. The van der Waals surface area contributed by atoms with Gasteiger partial charge in [-0.2, -0.15) is 0 Å². The lowest BCUT2D eigenvalue weighted by Gasteiger charge is -2.00. The number of fused-ring (bicyclic) bond motifs is 3. The maximum Gasteiger partial charge on any atom is 0.250 e. The molecule has 16 heavy (non-hydrogen) atoms. The molecule has 3 N–H and O–H groups in total. The molecule has 0 spiro atoms. The predicted octanol–water partition coefficient (Wildman–Crippen LogP) is 1.89. The summed E-state index contributed by atoms with van der Waals surface area (Å²) < 4.78 is 13.4. The molecule has 2 aromatic rings. The molecule has 1 amide bonds. The second-order valence-electron chi connectivity index (χ2n) is 4.18. The first-order valence-electron chi connectivity index (χ1n) is 5.29. The molecule has 1 heterocycles. The number of halogens is 1. The van der Waals surface area contributed by atoms with Crippen molar-refractivity contribution in [1.82, 2.24) is 4.98 Å². The van der Waals surface area contributed by atoms with E-state index >= 15 is 0 Å². The molecule has 1 aromatic heterocycles. The lowest BCUT2D eigenvalue weighted by atomic mass is 10.1. The Kier molecular flexibility index (Phi) is 1.80. The number of nitrogens with two attached hydrogens (primary N) is 1. The van der Waals surface area contributed by atoms with Crippen LogP contribution in [0.15, 0.2) is 12.1 Å². The molecule has 1 aliphatic carbocycles. The molecule has 82 valence electrons. The van der Waals surface area contributed by atoms with Crippen molar-refractivity contribution in [3.05, 3.63) is 34.8 Å². The lowest BCUT2D eigenvalue weighted by molar-refractivity contribution is 0.100. The molecule has 4 heteroatoms. The number of nitrogens with one attached hydrogen (secondary N) is 1. The van der Waals surface area contributed by atoms with Crippen molar-refractivity contribution in [2.75, 3.05) is 0 Å². The Morgan fingerprint density at radius 1 is 1.38 bits per heavy atom. The lowest BCUT2D eigenvalue weighted by Crippen LogP contribution is -2.12. The van der Waals surface area contributed by atoms with E-state index in [1.165, 1.54) is 12.1 Å². The number of amides is 1. The van der Waals surface area contributed by atoms with Crippen LogP contribution in [0.25, 0.3) is 10.9 Å². The summed E-state index contributed by atoms with van der Waals surface area (Å²) in [6, 6.07) is 2.67. The molecule has 1 aliphatic rings. The summed E-state index contributed by atoms with van der Waals surface area (Å²) in [5.74, 6) is -1.00. The number of hydrogen-bond donors (Lipinski definition) is 2. The van der Waals surface area contributed by atoms with Gasteiger partial charge in [-0.15, -0.1) is 0 Å². The number of aromatic amines is 1. The molecule has 0 bridgehead atoms. The van der Waals surface area contributed by atoms with Gasteiger partial charge < -0.3 is 10.7 Å². The normalized spacial score (nSPS) is 14.3. The number of primary amides is 1. The zero-order chi connectivity index (χ0) is 11.3. The molecule has 3 nitrogen and oxygen atoms in total. The maximum absolute atomic E-state index is 13.4. The third-order valence-corrected chi connectivity index (χ3v) is 3.19. The van der Waals surface area contributed by atoms with Crippen molar-refractivity contribution >= 4 is 16.8 Å². The largest absolute Gasteiger partial charge is 0.366 e. The van der Waals surface area contributed by atoms with Crippen molar-refractivity contribution < 1.29 is 9.18 Å². The van der Waals surface area contributed by atoms with E-state index in [1.54, 1.807) is 0 Å². The van der Waals surface area contributed by atoms with E-state index in [4.69, 9.17) is 5.73 Å². The van der Waals surface area contributed by atoms with E-state index in [0.717, 1.165) is 35.9 Å². The van der Waals surface area contributed by atoms with Gasteiger partial charge in [-0.05, 0) is 37.0 Å². The summed E-state index contributed by atoms with van der Waals surface area (Å²) >= 11 is 0. The summed E-state index contributed by atoms with van der Waals surface area (Å²) in [4.78, 5) is 14.4. The smallest absolute Gasteiger partial charge is 0.250 e. The highest BCUT2D eigenvalue weighted by Gasteiger charge is 2.20. The van der Waals surface area contributed by atoms with Crippen LogP contribution in [0, 0.1) is 5.82 Å². The first kappa shape index (κ1) is 9.39. The average molecular weight is 218 g/mol. The first-order valence-corrected chi connectivity index (χ1v) is 5.29. The predicted molar refractivity (Wildman–Crippen MR) is 58.8 cm³/mol. The van der Waals surface area contributed by atoms with E-state index < -0.39 is 11.7 Å². The summed E-state index contributed by atoms with van der Waals surface area (Å²) in [6.07, 6.45) is 2.99. The molecule has 0 saturated heterocycles. The van der Waals surface area contributed by atoms with E-state index in [-0.39, 0.29) is 5.56 Å². The highest BCUT2D eigenvalue weighted by Crippen LogP contribution is 2.32. The Bertz CT molecular complexity index is 601. The van der Waals surface area contributed by atoms with Crippen molar-refractivity contribution in [3.8, 4) is 0 Å². The first-order chi connectivity index (χ1) is 7.66. The second-order valence-corrected chi connectivity index (χ2v) is 4.18. The monoisotopic (exact) mass is 218 g/mol. The summed E-state index contributed by atoms with van der Waals surface area (Å²) in [7, 11) is 0. The van der Waals surface area contributed by atoms with Gasteiger partial charge in [0.05, 0.1) is 11.1 Å². The van der Waals surface area contributed by atoms with Crippen molar-refractivity contribution in [1.29, 1.82) is 0 Å². The Morgan fingerprint density at radius 3 is 2.94 bits per heavy atom. The number of carbonyl (C=O) groups excluding carboxylic acids is 1. The molecular weight excluding hydrogens is 207 g/mol. The highest BCUT2D eigenvalue weighted by molar-refractivity contribution is 6.06. The second kappa shape index (κ2) is 3.07. The van der Waals surface area contributed by atoms with Gasteiger partial charge in [-0.1, -0.05) is 0 Å². The fourth-order valence-corrected chi connectivity index (χ4v) is 2.50. The third-order valence-electron chi connectivity index (χ3n) is 3.19. The van der Waals surface area contributed by atoms with Crippen LogP contribution in [0.3, 0.4) is 0 Å². The van der Waals surface area contributed by atoms with Crippen molar-refractivity contribution in [2.45, 2.75) is 19.3 Å². The molecule has 0 fully saturated rings.